The van der Waals surface area contributed by atoms with Crippen LogP contribution in [0.4, 0.5) is 19.3 Å². The molecule has 5 rings (SSSR count). The molecule has 1 aliphatic rings. The minimum absolute atomic E-state index is 0. The summed E-state index contributed by atoms with van der Waals surface area (Å²) in [4.78, 5) is 21.7. The summed E-state index contributed by atoms with van der Waals surface area (Å²) in [7, 11) is 0. The smallest absolute Gasteiger partial charge is 0.319 e. The van der Waals surface area contributed by atoms with Gasteiger partial charge in [0.2, 0.25) is 0 Å². The molecule has 4 aromatic rings. The minimum Gasteiger partial charge on any atom is -0.338 e. The number of hydrogen-bond acceptors (Lipinski definition) is 3. The maximum Gasteiger partial charge on any atom is 0.319 e. The third kappa shape index (κ3) is 4.42. The van der Waals surface area contributed by atoms with E-state index in [2.05, 4.69) is 10.6 Å². The number of carbonyl (C=O) groups excluding carboxylic acids is 1. The van der Waals surface area contributed by atoms with Crippen LogP contribution in [0.15, 0.2) is 66.7 Å². The van der Waals surface area contributed by atoms with Crippen LogP contribution in [0, 0.1) is 17.6 Å². The zero-order valence-corrected chi connectivity index (χ0v) is 17.1. The predicted octanol–water partition coefficient (Wildman–Crippen LogP) is 6.27. The van der Waals surface area contributed by atoms with Gasteiger partial charge in [0, 0.05) is 26.2 Å². The highest BCUT2D eigenvalue weighted by atomic mass is 19.1. The van der Waals surface area contributed by atoms with Crippen molar-refractivity contribution in [1.29, 1.82) is 0 Å². The van der Waals surface area contributed by atoms with E-state index in [1.807, 2.05) is 0 Å². The summed E-state index contributed by atoms with van der Waals surface area (Å²) in [6, 6.07) is 17.0. The highest BCUT2D eigenvalue weighted by Gasteiger charge is 2.21. The zero-order chi connectivity index (χ0) is 22.1. The van der Waals surface area contributed by atoms with Crippen LogP contribution in [-0.2, 0) is 0 Å². The lowest BCUT2D eigenvalue weighted by Gasteiger charge is -2.12. The van der Waals surface area contributed by atoms with Crippen molar-refractivity contribution >= 4 is 22.8 Å². The molecule has 0 spiro atoms. The first-order chi connectivity index (χ1) is 15.5. The van der Waals surface area contributed by atoms with Crippen LogP contribution in [0.3, 0.4) is 0 Å². The molecule has 3 aromatic carbocycles. The van der Waals surface area contributed by atoms with Gasteiger partial charge in [0.15, 0.2) is 0 Å². The molecule has 0 unspecified atom stereocenters. The van der Waals surface area contributed by atoms with Crippen LogP contribution in [0.1, 0.15) is 15.7 Å². The number of amides is 2. The summed E-state index contributed by atoms with van der Waals surface area (Å²) in [6.07, 6.45) is 2.32. The first kappa shape index (κ1) is 20.1. The van der Waals surface area contributed by atoms with E-state index in [-0.39, 0.29) is 20.5 Å². The molecule has 1 aliphatic carbocycles. The molecule has 7 heteroatoms. The normalized spacial score (nSPS) is 13.2. The van der Waals surface area contributed by atoms with Crippen molar-refractivity contribution in [2.75, 3.05) is 11.9 Å². The van der Waals surface area contributed by atoms with E-state index in [0.29, 0.717) is 51.7 Å². The van der Waals surface area contributed by atoms with Crippen LogP contribution >= 0.6 is 0 Å². The molecule has 0 aliphatic heterocycles. The summed E-state index contributed by atoms with van der Waals surface area (Å²) >= 11 is 0. The Morgan fingerprint density at radius 1 is 0.844 bits per heavy atom. The lowest BCUT2D eigenvalue weighted by molar-refractivity contribution is 0.251. The number of hydrogen-bond donors (Lipinski definition) is 2. The molecular weight excluding hydrogens is 410 g/mol. The van der Waals surface area contributed by atoms with E-state index in [4.69, 9.17) is 9.97 Å². The Balaban J connectivity index is 0.00000162. The Morgan fingerprint density at radius 3 is 1.97 bits per heavy atom. The first-order valence-corrected chi connectivity index (χ1v) is 10.4. The predicted molar refractivity (Wildman–Crippen MR) is 124 cm³/mol. The van der Waals surface area contributed by atoms with Gasteiger partial charge in [-0.25, -0.2) is 23.5 Å². The number of aromatic nitrogens is 2. The summed E-state index contributed by atoms with van der Waals surface area (Å²) < 4.78 is 26.9. The number of benzene rings is 3. The van der Waals surface area contributed by atoms with Crippen molar-refractivity contribution in [3.05, 3.63) is 78.4 Å². The number of rotatable bonds is 5. The van der Waals surface area contributed by atoms with Gasteiger partial charge in [-0.1, -0.05) is 0 Å². The Kier molecular flexibility index (Phi) is 5.23. The van der Waals surface area contributed by atoms with Gasteiger partial charge in [0.05, 0.1) is 22.4 Å². The standard InChI is InChI=1S/C25H20F2N4O.2H2/c26-18-7-3-16(4-8-18)23-24(17-5-9-19(27)10-6-17)31-22-13-20(11-12-21(22)30-23)29-25(32)28-14-15-1-2-15;;/h3-13,15H,1-2,14H2,(H2,28,29,32);2*1H. The van der Waals surface area contributed by atoms with Crippen molar-refractivity contribution in [3.8, 4) is 22.5 Å². The van der Waals surface area contributed by atoms with Crippen molar-refractivity contribution in [3.63, 3.8) is 0 Å². The van der Waals surface area contributed by atoms with E-state index in [1.165, 1.54) is 24.3 Å². The fourth-order valence-corrected chi connectivity index (χ4v) is 3.48. The lowest BCUT2D eigenvalue weighted by atomic mass is 10.0. The van der Waals surface area contributed by atoms with Gasteiger partial charge in [-0.05, 0) is 85.5 Å². The largest absolute Gasteiger partial charge is 0.338 e. The van der Waals surface area contributed by atoms with Crippen LogP contribution in [0.5, 0.6) is 0 Å². The summed E-state index contributed by atoms with van der Waals surface area (Å²) in [5, 5.41) is 5.69. The molecule has 1 fully saturated rings. The molecular formula is C25H24F2N4O. The molecule has 5 nitrogen and oxygen atoms in total. The van der Waals surface area contributed by atoms with Gasteiger partial charge in [-0.15, -0.1) is 0 Å². The molecule has 0 radical (unpaired) electrons. The van der Waals surface area contributed by atoms with Gasteiger partial charge in [0.1, 0.15) is 11.6 Å². The van der Waals surface area contributed by atoms with Crippen molar-refractivity contribution < 1.29 is 16.4 Å². The third-order valence-corrected chi connectivity index (χ3v) is 5.41. The Hall–Kier alpha value is -3.87. The van der Waals surface area contributed by atoms with E-state index in [0.717, 1.165) is 12.8 Å². The van der Waals surface area contributed by atoms with E-state index < -0.39 is 0 Å². The second kappa shape index (κ2) is 8.34. The average Bonchev–Trinajstić information content (AvgIpc) is 3.63. The van der Waals surface area contributed by atoms with Crippen LogP contribution in [0.2, 0.25) is 0 Å². The van der Waals surface area contributed by atoms with E-state index in [9.17, 15) is 13.6 Å². The van der Waals surface area contributed by atoms with Crippen LogP contribution < -0.4 is 10.6 Å². The zero-order valence-electron chi connectivity index (χ0n) is 17.1. The van der Waals surface area contributed by atoms with Gasteiger partial charge in [-0.3, -0.25) is 0 Å². The molecule has 1 heterocycles. The van der Waals surface area contributed by atoms with Crippen LogP contribution in [0.25, 0.3) is 33.5 Å². The number of nitrogens with one attached hydrogen (secondary N) is 2. The van der Waals surface area contributed by atoms with Crippen molar-refractivity contribution in [2.24, 2.45) is 5.92 Å². The summed E-state index contributed by atoms with van der Waals surface area (Å²) in [6.45, 7) is 0.676. The fourth-order valence-electron chi connectivity index (χ4n) is 3.48. The van der Waals surface area contributed by atoms with E-state index in [1.54, 1.807) is 42.5 Å². The monoisotopic (exact) mass is 434 g/mol. The number of nitrogens with zero attached hydrogens (tertiary/aromatic N) is 2. The molecule has 164 valence electrons. The molecule has 0 bridgehead atoms. The Bertz CT molecular complexity index is 1300. The maximum absolute atomic E-state index is 13.5. The number of urea groups is 1. The average molecular weight is 434 g/mol. The maximum atomic E-state index is 13.5. The van der Waals surface area contributed by atoms with Crippen molar-refractivity contribution in [1.82, 2.24) is 15.3 Å². The second-order valence-corrected chi connectivity index (χ2v) is 7.92. The van der Waals surface area contributed by atoms with Gasteiger partial charge in [0.25, 0.3) is 0 Å². The quantitative estimate of drug-likeness (QED) is 0.389. The molecule has 2 N–H and O–H groups in total. The highest BCUT2D eigenvalue weighted by Crippen LogP contribution is 2.32. The van der Waals surface area contributed by atoms with Crippen molar-refractivity contribution in [2.45, 2.75) is 12.8 Å². The molecule has 2 amide bonds. The van der Waals surface area contributed by atoms with Gasteiger partial charge < -0.3 is 10.6 Å². The molecule has 0 saturated heterocycles. The number of anilines is 1. The summed E-state index contributed by atoms with van der Waals surface area (Å²) in [5.41, 5.74) is 4.28. The second-order valence-electron chi connectivity index (χ2n) is 7.92. The fraction of sp³-hybridized carbons (Fsp3) is 0.160. The number of fused-ring (bicyclic) bond motifs is 1. The minimum atomic E-state index is -0.352. The van der Waals surface area contributed by atoms with Gasteiger partial charge in [-0.2, -0.15) is 0 Å². The van der Waals surface area contributed by atoms with Crippen LogP contribution in [-0.4, -0.2) is 22.5 Å². The Morgan fingerprint density at radius 2 is 1.41 bits per heavy atom. The number of halogens is 2. The first-order valence-electron chi connectivity index (χ1n) is 10.4. The van der Waals surface area contributed by atoms with E-state index >= 15 is 0 Å². The molecule has 32 heavy (non-hydrogen) atoms. The SMILES string of the molecule is O=C(NCC1CC1)Nc1ccc2nc(-c3ccc(F)cc3)c(-c3ccc(F)cc3)nc2c1.[HH].[HH]. The Labute approximate surface area is 186 Å². The molecule has 0 atom stereocenters. The number of carbonyl (C=O) groups is 1. The molecule has 1 aromatic heterocycles. The third-order valence-electron chi connectivity index (χ3n) is 5.41. The highest BCUT2D eigenvalue weighted by molar-refractivity contribution is 5.93. The summed E-state index contributed by atoms with van der Waals surface area (Å²) in [5.74, 6) is -0.109. The topological polar surface area (TPSA) is 66.9 Å². The lowest BCUT2D eigenvalue weighted by Crippen LogP contribution is -2.30. The van der Waals surface area contributed by atoms with Gasteiger partial charge >= 0.3 is 6.03 Å². The molecule has 1 saturated carbocycles.